The third-order valence-electron chi connectivity index (χ3n) is 7.39. The zero-order valence-electron chi connectivity index (χ0n) is 16.9. The third kappa shape index (κ3) is 3.75. The number of benzene rings is 1. The van der Waals surface area contributed by atoms with Gasteiger partial charge in [-0.15, -0.1) is 0 Å². The quantitative estimate of drug-likeness (QED) is 0.824. The third-order valence-corrected chi connectivity index (χ3v) is 7.39. The fourth-order valence-electron chi connectivity index (χ4n) is 5.65. The van der Waals surface area contributed by atoms with Crippen molar-refractivity contribution < 1.29 is 0 Å². The summed E-state index contributed by atoms with van der Waals surface area (Å²) < 4.78 is 0. The van der Waals surface area contributed by atoms with Gasteiger partial charge in [-0.2, -0.15) is 0 Å². The first-order chi connectivity index (χ1) is 13.8. The molecule has 2 unspecified atom stereocenters. The fourth-order valence-corrected chi connectivity index (χ4v) is 5.65. The van der Waals surface area contributed by atoms with Crippen molar-refractivity contribution in [2.45, 2.75) is 51.0 Å². The fraction of sp³-hybridized carbons (Fsp3) is 0.560. The van der Waals surface area contributed by atoms with E-state index in [2.05, 4.69) is 41.3 Å². The van der Waals surface area contributed by atoms with E-state index in [0.29, 0.717) is 6.04 Å². The molecule has 1 heterocycles. The van der Waals surface area contributed by atoms with Crippen LogP contribution in [0.5, 0.6) is 0 Å². The van der Waals surface area contributed by atoms with Gasteiger partial charge in [0.05, 0.1) is 11.7 Å². The van der Waals surface area contributed by atoms with E-state index < -0.39 is 0 Å². The molecule has 1 saturated carbocycles. The Labute approximate surface area is 169 Å². The summed E-state index contributed by atoms with van der Waals surface area (Å²) in [5.41, 5.74) is 11.9. The van der Waals surface area contributed by atoms with Crippen molar-refractivity contribution in [3.05, 3.63) is 65.0 Å². The molecular formula is C25H33N3. The van der Waals surface area contributed by atoms with Crippen LogP contribution in [-0.4, -0.2) is 29.5 Å². The Bertz CT molecular complexity index is 817. The monoisotopic (exact) mass is 375 g/mol. The van der Waals surface area contributed by atoms with E-state index in [1.807, 2.05) is 6.20 Å². The zero-order valence-corrected chi connectivity index (χ0v) is 16.9. The van der Waals surface area contributed by atoms with E-state index in [9.17, 15) is 0 Å². The minimum atomic E-state index is 0.501. The molecule has 3 heteroatoms. The first-order valence-electron chi connectivity index (χ1n) is 11.3. The van der Waals surface area contributed by atoms with E-state index in [1.54, 1.807) is 11.1 Å². The van der Waals surface area contributed by atoms with Crippen LogP contribution in [0, 0.1) is 17.8 Å². The van der Waals surface area contributed by atoms with Crippen LogP contribution in [0.4, 0.5) is 0 Å². The highest BCUT2D eigenvalue weighted by Gasteiger charge is 2.39. The molecule has 0 spiro atoms. The Hall–Kier alpha value is -1.71. The number of fused-ring (bicyclic) bond motifs is 2. The average molecular weight is 376 g/mol. The second-order valence-electron chi connectivity index (χ2n) is 9.28. The van der Waals surface area contributed by atoms with Gasteiger partial charge in [0.15, 0.2) is 0 Å². The summed E-state index contributed by atoms with van der Waals surface area (Å²) in [5.74, 6) is 2.32. The molecule has 2 aromatic rings. The van der Waals surface area contributed by atoms with Crippen molar-refractivity contribution in [1.82, 2.24) is 9.88 Å². The van der Waals surface area contributed by atoms with Gasteiger partial charge in [-0.1, -0.05) is 30.3 Å². The van der Waals surface area contributed by atoms with Crippen LogP contribution in [-0.2, 0) is 19.3 Å². The van der Waals surface area contributed by atoms with Crippen LogP contribution >= 0.6 is 0 Å². The van der Waals surface area contributed by atoms with Crippen molar-refractivity contribution in [2.75, 3.05) is 19.6 Å². The maximum Gasteiger partial charge on any atom is 0.0607 e. The van der Waals surface area contributed by atoms with Gasteiger partial charge in [0, 0.05) is 19.3 Å². The van der Waals surface area contributed by atoms with Crippen molar-refractivity contribution in [3.63, 3.8) is 0 Å². The maximum absolute atomic E-state index is 5.96. The number of hydrogen-bond donors (Lipinski definition) is 1. The highest BCUT2D eigenvalue weighted by Crippen LogP contribution is 2.42. The minimum Gasteiger partial charge on any atom is -0.330 e. The van der Waals surface area contributed by atoms with Crippen LogP contribution in [0.25, 0.3) is 0 Å². The predicted octanol–water partition coefficient (Wildman–Crippen LogP) is 4.16. The summed E-state index contributed by atoms with van der Waals surface area (Å²) in [6, 6.07) is 14.0. The van der Waals surface area contributed by atoms with E-state index in [4.69, 9.17) is 10.7 Å². The van der Waals surface area contributed by atoms with Gasteiger partial charge in [-0.05, 0) is 92.0 Å². The Kier molecular flexibility index (Phi) is 5.21. The largest absolute Gasteiger partial charge is 0.330 e. The molecule has 4 atom stereocenters. The second-order valence-corrected chi connectivity index (χ2v) is 9.28. The predicted molar refractivity (Wildman–Crippen MR) is 114 cm³/mol. The molecule has 5 rings (SSSR count). The zero-order chi connectivity index (χ0) is 18.9. The number of aryl methyl sites for hydroxylation is 2. The summed E-state index contributed by atoms with van der Waals surface area (Å²) in [7, 11) is 0. The smallest absolute Gasteiger partial charge is 0.0607 e. The molecule has 1 aromatic carbocycles. The molecule has 3 aliphatic carbocycles. The van der Waals surface area contributed by atoms with Gasteiger partial charge in [-0.3, -0.25) is 9.88 Å². The number of nitrogens with zero attached hydrogens (tertiary/aromatic N) is 2. The van der Waals surface area contributed by atoms with Gasteiger partial charge >= 0.3 is 0 Å². The number of aromatic nitrogens is 1. The molecule has 1 fully saturated rings. The Balaban J connectivity index is 1.36. The first-order valence-corrected chi connectivity index (χ1v) is 11.3. The SMILES string of the molecule is NCC1CC1CN(C[C@@H]1CCc2ccccc2C1)[C@H]1CCCc2cccnc21. The summed E-state index contributed by atoms with van der Waals surface area (Å²) in [5, 5.41) is 0. The molecule has 3 aliphatic rings. The molecule has 3 nitrogen and oxygen atoms in total. The Morgan fingerprint density at radius 1 is 0.929 bits per heavy atom. The molecule has 2 N–H and O–H groups in total. The molecule has 1 aromatic heterocycles. The first kappa shape index (κ1) is 18.3. The average Bonchev–Trinajstić information content (AvgIpc) is 3.51. The highest BCUT2D eigenvalue weighted by atomic mass is 15.2. The van der Waals surface area contributed by atoms with Crippen molar-refractivity contribution in [2.24, 2.45) is 23.5 Å². The summed E-state index contributed by atoms with van der Waals surface area (Å²) in [6.07, 6.45) is 10.8. The molecule has 0 bridgehead atoms. The van der Waals surface area contributed by atoms with Crippen LogP contribution in [0.1, 0.15) is 54.1 Å². The molecular weight excluding hydrogens is 342 g/mol. The highest BCUT2D eigenvalue weighted by molar-refractivity contribution is 5.30. The van der Waals surface area contributed by atoms with E-state index in [-0.39, 0.29) is 0 Å². The second kappa shape index (κ2) is 7.96. The molecule has 148 valence electrons. The maximum atomic E-state index is 5.96. The lowest BCUT2D eigenvalue weighted by Crippen LogP contribution is -2.39. The van der Waals surface area contributed by atoms with Crippen LogP contribution in [0.2, 0.25) is 0 Å². The van der Waals surface area contributed by atoms with Gasteiger partial charge < -0.3 is 5.73 Å². The lowest BCUT2D eigenvalue weighted by molar-refractivity contribution is 0.134. The molecule has 0 radical (unpaired) electrons. The van der Waals surface area contributed by atoms with Gasteiger partial charge in [0.25, 0.3) is 0 Å². The number of nitrogens with two attached hydrogens (primary N) is 1. The lowest BCUT2D eigenvalue weighted by Gasteiger charge is -2.38. The van der Waals surface area contributed by atoms with Gasteiger partial charge in [0.1, 0.15) is 0 Å². The van der Waals surface area contributed by atoms with Crippen LogP contribution < -0.4 is 5.73 Å². The number of hydrogen-bond acceptors (Lipinski definition) is 3. The standard InChI is InChI=1S/C25H33N3/c26-15-22-14-23(22)17-28(24-9-3-7-20-8-4-12-27-25(20)24)16-18-10-11-19-5-1-2-6-21(19)13-18/h1-2,4-6,8,12,18,22-24H,3,7,9-11,13-17,26H2/t18-,22?,23?,24+/m1/s1. The summed E-state index contributed by atoms with van der Waals surface area (Å²) >= 11 is 0. The summed E-state index contributed by atoms with van der Waals surface area (Å²) in [6.45, 7) is 3.28. The topological polar surface area (TPSA) is 42.1 Å². The van der Waals surface area contributed by atoms with Crippen molar-refractivity contribution in [1.29, 1.82) is 0 Å². The lowest BCUT2D eigenvalue weighted by atomic mass is 9.82. The van der Waals surface area contributed by atoms with E-state index in [1.165, 1.54) is 69.3 Å². The normalized spacial score (nSPS) is 28.6. The van der Waals surface area contributed by atoms with Crippen LogP contribution in [0.3, 0.4) is 0 Å². The van der Waals surface area contributed by atoms with Gasteiger partial charge in [-0.25, -0.2) is 0 Å². The van der Waals surface area contributed by atoms with Crippen molar-refractivity contribution in [3.8, 4) is 0 Å². The number of rotatable bonds is 6. The van der Waals surface area contributed by atoms with Crippen LogP contribution in [0.15, 0.2) is 42.6 Å². The molecule has 0 saturated heterocycles. The Morgan fingerprint density at radius 2 is 1.79 bits per heavy atom. The molecule has 0 amide bonds. The summed E-state index contributed by atoms with van der Waals surface area (Å²) in [4.78, 5) is 7.66. The number of pyridine rings is 1. The van der Waals surface area contributed by atoms with E-state index >= 15 is 0 Å². The molecule has 28 heavy (non-hydrogen) atoms. The molecule has 0 aliphatic heterocycles. The Morgan fingerprint density at radius 3 is 2.64 bits per heavy atom. The van der Waals surface area contributed by atoms with Gasteiger partial charge in [0.2, 0.25) is 0 Å². The van der Waals surface area contributed by atoms with Crippen molar-refractivity contribution >= 4 is 0 Å². The van der Waals surface area contributed by atoms with E-state index in [0.717, 1.165) is 24.3 Å². The minimum absolute atomic E-state index is 0.501.